The zero-order valence-corrected chi connectivity index (χ0v) is 5.58. The van der Waals surface area contributed by atoms with E-state index in [9.17, 15) is 0 Å². The van der Waals surface area contributed by atoms with Gasteiger partial charge in [-0.3, -0.25) is 0 Å². The standard InChI is InChI=1S/C4H12B.Li/c1-5(2,3)4;/h1-4H3;/q-1;+1. The molecule has 0 saturated carbocycles. The Morgan fingerprint density at radius 2 is 0.833 bits per heavy atom. The van der Waals surface area contributed by atoms with Gasteiger partial charge in [-0.15, -0.1) is 0 Å². The molecule has 32 valence electrons. The van der Waals surface area contributed by atoms with E-state index in [0.29, 0.717) is 0 Å². The third kappa shape index (κ3) is 143. The average molecular weight is 77.9 g/mol. The summed E-state index contributed by atoms with van der Waals surface area (Å²) in [6.45, 7) is 9.00. The zero-order chi connectivity index (χ0) is 4.50. The minimum Gasteiger partial charge on any atom is -0.191 e. The normalized spacial score (nSPS) is 10.0. The number of hydrogen-bond acceptors (Lipinski definition) is 0. The summed E-state index contributed by atoms with van der Waals surface area (Å²) in [4.78, 5) is 0. The summed E-state index contributed by atoms with van der Waals surface area (Å²) in [7, 11) is 0. The van der Waals surface area contributed by atoms with Crippen LogP contribution >= 0.6 is 0 Å². The Hall–Kier alpha value is 0.662. The smallest absolute Gasteiger partial charge is 0.191 e. The SMILES string of the molecule is C[B-](C)(C)C.[Li+]. The fourth-order valence-corrected chi connectivity index (χ4v) is 0. The molecule has 0 rings (SSSR count). The molecule has 0 fully saturated rings. The minimum absolute atomic E-state index is 0. The summed E-state index contributed by atoms with van der Waals surface area (Å²) in [5, 5.41) is 0. The van der Waals surface area contributed by atoms with Crippen molar-refractivity contribution < 1.29 is 18.9 Å². The minimum atomic E-state index is 0. The van der Waals surface area contributed by atoms with E-state index in [-0.39, 0.29) is 25.0 Å². The third-order valence-electron chi connectivity index (χ3n) is 0. The molecule has 0 aliphatic heterocycles. The Labute approximate surface area is 52.8 Å². The van der Waals surface area contributed by atoms with E-state index < -0.39 is 0 Å². The molecule has 0 bridgehead atoms. The fourth-order valence-electron chi connectivity index (χ4n) is 0. The van der Waals surface area contributed by atoms with Crippen LogP contribution in [0.4, 0.5) is 0 Å². The Morgan fingerprint density at radius 1 is 0.833 bits per heavy atom. The largest absolute Gasteiger partial charge is 1.00 e. The first-order chi connectivity index (χ1) is 2.00. The summed E-state index contributed by atoms with van der Waals surface area (Å²) in [6.07, 6.45) is 0. The van der Waals surface area contributed by atoms with Crippen molar-refractivity contribution in [3.8, 4) is 0 Å². The fraction of sp³-hybridized carbons (Fsp3) is 1.00. The van der Waals surface area contributed by atoms with Gasteiger partial charge in [0.25, 0.3) is 0 Å². The maximum Gasteiger partial charge on any atom is 1.00 e. The van der Waals surface area contributed by atoms with Gasteiger partial charge in [-0.05, 0) is 6.15 Å². The molecule has 2 heteroatoms. The van der Waals surface area contributed by atoms with Crippen molar-refractivity contribution in [1.29, 1.82) is 0 Å². The van der Waals surface area contributed by atoms with Gasteiger partial charge in [0.15, 0.2) is 0 Å². The van der Waals surface area contributed by atoms with Gasteiger partial charge in [-0.1, -0.05) is 0 Å². The van der Waals surface area contributed by atoms with Crippen LogP contribution < -0.4 is 18.9 Å². The zero-order valence-electron chi connectivity index (χ0n) is 5.58. The molecule has 0 unspecified atom stereocenters. The van der Waals surface area contributed by atoms with E-state index in [0.717, 1.165) is 0 Å². The van der Waals surface area contributed by atoms with E-state index in [1.165, 1.54) is 0 Å². The monoisotopic (exact) mass is 78.1 g/mol. The van der Waals surface area contributed by atoms with Gasteiger partial charge in [0.2, 0.25) is 0 Å². The molecule has 0 nitrogen and oxygen atoms in total. The first-order valence-corrected chi connectivity index (χ1v) is 2.31. The van der Waals surface area contributed by atoms with Gasteiger partial charge in [0, 0.05) is 0 Å². The molecule has 0 amide bonds. The first-order valence-electron chi connectivity index (χ1n) is 2.31. The van der Waals surface area contributed by atoms with Crippen molar-refractivity contribution in [3.63, 3.8) is 0 Å². The van der Waals surface area contributed by atoms with E-state index in [1.54, 1.807) is 0 Å². The van der Waals surface area contributed by atoms with Gasteiger partial charge < -0.3 is 0 Å². The topological polar surface area (TPSA) is 0 Å². The van der Waals surface area contributed by atoms with Crippen molar-refractivity contribution in [2.75, 3.05) is 0 Å². The quantitative estimate of drug-likeness (QED) is 0.324. The number of hydrogen-bond donors (Lipinski definition) is 0. The molecule has 0 N–H and O–H groups in total. The van der Waals surface area contributed by atoms with Crippen molar-refractivity contribution in [1.82, 2.24) is 0 Å². The van der Waals surface area contributed by atoms with Crippen LogP contribution in [0, 0.1) is 0 Å². The van der Waals surface area contributed by atoms with Crippen molar-refractivity contribution in [2.24, 2.45) is 0 Å². The first kappa shape index (κ1) is 9.83. The van der Waals surface area contributed by atoms with Crippen LogP contribution in [-0.2, 0) is 0 Å². The summed E-state index contributed by atoms with van der Waals surface area (Å²) in [6, 6.07) is 0. The van der Waals surface area contributed by atoms with Crippen LogP contribution in [0.15, 0.2) is 0 Å². The van der Waals surface area contributed by atoms with Crippen molar-refractivity contribution in [3.05, 3.63) is 0 Å². The summed E-state index contributed by atoms with van der Waals surface area (Å²) in [5.41, 5.74) is 0. The van der Waals surface area contributed by atoms with Crippen LogP contribution in [0.5, 0.6) is 0 Å². The molecule has 0 atom stereocenters. The third-order valence-corrected chi connectivity index (χ3v) is 0. The van der Waals surface area contributed by atoms with Gasteiger partial charge in [-0.2, -0.15) is 27.3 Å². The Bertz CT molecular complexity index is 23.0. The van der Waals surface area contributed by atoms with E-state index in [2.05, 4.69) is 27.3 Å². The van der Waals surface area contributed by atoms with Crippen LogP contribution in [0.25, 0.3) is 0 Å². The van der Waals surface area contributed by atoms with Crippen LogP contribution in [-0.4, -0.2) is 6.15 Å². The molecular formula is C4H12BLi. The van der Waals surface area contributed by atoms with Crippen molar-refractivity contribution in [2.45, 2.75) is 27.3 Å². The summed E-state index contributed by atoms with van der Waals surface area (Å²) < 4.78 is 0. The van der Waals surface area contributed by atoms with Crippen molar-refractivity contribution >= 4 is 6.15 Å². The van der Waals surface area contributed by atoms with Crippen LogP contribution in [0.3, 0.4) is 0 Å². The summed E-state index contributed by atoms with van der Waals surface area (Å²) in [5.74, 6) is 0. The number of rotatable bonds is 0. The molecular weight excluding hydrogens is 65.8 g/mol. The average Bonchev–Trinajstić information content (AvgIpc) is 0.722. The van der Waals surface area contributed by atoms with Crippen LogP contribution in [0.2, 0.25) is 27.3 Å². The van der Waals surface area contributed by atoms with Gasteiger partial charge >= 0.3 is 18.9 Å². The molecule has 6 heavy (non-hydrogen) atoms. The molecule has 0 aliphatic rings. The van der Waals surface area contributed by atoms with Gasteiger partial charge in [0.05, 0.1) is 0 Å². The molecule has 0 aromatic rings. The van der Waals surface area contributed by atoms with E-state index in [4.69, 9.17) is 0 Å². The molecule has 0 aliphatic carbocycles. The predicted octanol–water partition coefficient (Wildman–Crippen LogP) is -1.04. The Balaban J connectivity index is 0. The molecule has 0 radical (unpaired) electrons. The second-order valence-corrected chi connectivity index (χ2v) is 3.46. The second-order valence-electron chi connectivity index (χ2n) is 3.46. The molecule has 0 aromatic carbocycles. The summed E-state index contributed by atoms with van der Waals surface area (Å²) >= 11 is 0. The van der Waals surface area contributed by atoms with Gasteiger partial charge in [-0.25, -0.2) is 0 Å². The molecule has 0 aromatic heterocycles. The Kier molecular flexibility index (Phi) is 4.54. The van der Waals surface area contributed by atoms with Crippen LogP contribution in [0.1, 0.15) is 0 Å². The van der Waals surface area contributed by atoms with E-state index in [1.807, 2.05) is 0 Å². The predicted molar refractivity (Wildman–Crippen MR) is 29.2 cm³/mol. The molecule has 0 heterocycles. The van der Waals surface area contributed by atoms with E-state index >= 15 is 0 Å². The second kappa shape index (κ2) is 2.77. The molecule has 0 saturated heterocycles. The molecule has 0 spiro atoms. The maximum absolute atomic E-state index is 2.25. The Morgan fingerprint density at radius 3 is 0.833 bits per heavy atom. The maximum atomic E-state index is 2.25. The van der Waals surface area contributed by atoms with Gasteiger partial charge in [0.1, 0.15) is 0 Å².